The van der Waals surface area contributed by atoms with Crippen LogP contribution in [0.2, 0.25) is 0 Å². The van der Waals surface area contributed by atoms with E-state index in [-0.39, 0.29) is 0 Å². The van der Waals surface area contributed by atoms with Gasteiger partial charge in [0.05, 0.1) is 6.04 Å². The van der Waals surface area contributed by atoms with Crippen molar-refractivity contribution in [2.24, 2.45) is 5.73 Å². The average molecular weight is 171 g/mol. The van der Waals surface area contributed by atoms with Crippen molar-refractivity contribution in [1.29, 1.82) is 0 Å². The van der Waals surface area contributed by atoms with Crippen LogP contribution in [-0.2, 0) is 0 Å². The Bertz CT molecular complexity index is 240. The van der Waals surface area contributed by atoms with Crippen LogP contribution in [0.1, 0.15) is 18.5 Å². The molecule has 1 rings (SSSR count). The molecule has 0 spiro atoms. The van der Waals surface area contributed by atoms with Gasteiger partial charge in [0, 0.05) is 6.92 Å². The van der Waals surface area contributed by atoms with E-state index in [9.17, 15) is 8.78 Å². The zero-order valence-electron chi connectivity index (χ0n) is 6.80. The first-order chi connectivity index (χ1) is 5.52. The Morgan fingerprint density at radius 1 is 1.25 bits per heavy atom. The van der Waals surface area contributed by atoms with Crippen molar-refractivity contribution < 1.29 is 8.78 Å². The van der Waals surface area contributed by atoms with E-state index < -0.39 is 12.0 Å². The first kappa shape index (κ1) is 9.13. The Hall–Kier alpha value is -0.960. The molecule has 0 aliphatic rings. The highest BCUT2D eigenvalue weighted by Gasteiger charge is 2.31. The van der Waals surface area contributed by atoms with E-state index in [1.807, 2.05) is 0 Å². The molecule has 1 aromatic carbocycles. The van der Waals surface area contributed by atoms with Crippen molar-refractivity contribution in [1.82, 2.24) is 0 Å². The third-order valence-corrected chi connectivity index (χ3v) is 1.70. The van der Waals surface area contributed by atoms with E-state index in [4.69, 9.17) is 5.73 Å². The van der Waals surface area contributed by atoms with Crippen molar-refractivity contribution >= 4 is 0 Å². The van der Waals surface area contributed by atoms with E-state index in [0.717, 1.165) is 6.92 Å². The quantitative estimate of drug-likeness (QED) is 0.726. The third-order valence-electron chi connectivity index (χ3n) is 1.70. The molecule has 0 saturated heterocycles. The molecule has 0 aliphatic heterocycles. The molecule has 0 saturated carbocycles. The Kier molecular flexibility index (Phi) is 2.43. The molecular formula is C9H11F2N. The van der Waals surface area contributed by atoms with Gasteiger partial charge in [0.15, 0.2) is 0 Å². The van der Waals surface area contributed by atoms with Crippen LogP contribution in [0.15, 0.2) is 30.3 Å². The van der Waals surface area contributed by atoms with Gasteiger partial charge in [0.2, 0.25) is 0 Å². The molecule has 3 heteroatoms. The van der Waals surface area contributed by atoms with Gasteiger partial charge in [-0.25, -0.2) is 8.78 Å². The third kappa shape index (κ3) is 2.01. The van der Waals surface area contributed by atoms with Crippen LogP contribution in [-0.4, -0.2) is 5.92 Å². The van der Waals surface area contributed by atoms with Gasteiger partial charge in [0.25, 0.3) is 5.92 Å². The van der Waals surface area contributed by atoms with E-state index in [1.54, 1.807) is 30.3 Å². The standard InChI is InChI=1S/C9H11F2N/c1-9(10,11)8(12)7-5-3-2-4-6-7/h2-6,8H,12H2,1H3. The first-order valence-electron chi connectivity index (χ1n) is 3.70. The Morgan fingerprint density at radius 3 is 2.17 bits per heavy atom. The molecule has 0 amide bonds. The molecule has 1 unspecified atom stereocenters. The van der Waals surface area contributed by atoms with Crippen LogP contribution in [0.5, 0.6) is 0 Å². The van der Waals surface area contributed by atoms with E-state index in [0.29, 0.717) is 5.56 Å². The van der Waals surface area contributed by atoms with Gasteiger partial charge in [-0.1, -0.05) is 30.3 Å². The van der Waals surface area contributed by atoms with Crippen LogP contribution < -0.4 is 5.73 Å². The summed E-state index contributed by atoms with van der Waals surface area (Å²) in [5, 5.41) is 0. The summed E-state index contributed by atoms with van der Waals surface area (Å²) in [7, 11) is 0. The minimum Gasteiger partial charge on any atom is -0.319 e. The summed E-state index contributed by atoms with van der Waals surface area (Å²) in [6.07, 6.45) is 0. The fraction of sp³-hybridized carbons (Fsp3) is 0.333. The van der Waals surface area contributed by atoms with Crippen LogP contribution in [0.3, 0.4) is 0 Å². The molecule has 66 valence electrons. The molecule has 1 nitrogen and oxygen atoms in total. The highest BCUT2D eigenvalue weighted by molar-refractivity contribution is 5.20. The summed E-state index contributed by atoms with van der Waals surface area (Å²) >= 11 is 0. The highest BCUT2D eigenvalue weighted by Crippen LogP contribution is 2.27. The minimum atomic E-state index is -2.86. The number of benzene rings is 1. The number of hydrogen-bond donors (Lipinski definition) is 1. The van der Waals surface area contributed by atoms with Gasteiger partial charge in [-0.3, -0.25) is 0 Å². The molecule has 0 heterocycles. The second-order valence-electron chi connectivity index (χ2n) is 2.84. The van der Waals surface area contributed by atoms with Crippen molar-refractivity contribution in [3.8, 4) is 0 Å². The summed E-state index contributed by atoms with van der Waals surface area (Å²) in [6.45, 7) is 0.824. The van der Waals surface area contributed by atoms with Gasteiger partial charge < -0.3 is 5.73 Å². The SMILES string of the molecule is CC(F)(F)C(N)c1ccccc1. The number of alkyl halides is 2. The molecule has 1 aromatic rings. The molecule has 0 aliphatic carbocycles. The van der Waals surface area contributed by atoms with Crippen LogP contribution in [0.25, 0.3) is 0 Å². The zero-order valence-corrected chi connectivity index (χ0v) is 6.80. The summed E-state index contributed by atoms with van der Waals surface area (Å²) in [4.78, 5) is 0. The molecule has 2 N–H and O–H groups in total. The fourth-order valence-electron chi connectivity index (χ4n) is 0.953. The van der Waals surface area contributed by atoms with Crippen LogP contribution in [0, 0.1) is 0 Å². The summed E-state index contributed by atoms with van der Waals surface area (Å²) in [5.74, 6) is -2.86. The second-order valence-corrected chi connectivity index (χ2v) is 2.84. The lowest BCUT2D eigenvalue weighted by Crippen LogP contribution is -2.29. The topological polar surface area (TPSA) is 26.0 Å². The van der Waals surface area contributed by atoms with Crippen molar-refractivity contribution in [3.63, 3.8) is 0 Å². The normalized spacial score (nSPS) is 14.3. The zero-order chi connectivity index (χ0) is 9.19. The van der Waals surface area contributed by atoms with Crippen LogP contribution >= 0.6 is 0 Å². The number of hydrogen-bond acceptors (Lipinski definition) is 1. The van der Waals surface area contributed by atoms with E-state index >= 15 is 0 Å². The van der Waals surface area contributed by atoms with E-state index in [1.165, 1.54) is 0 Å². The Morgan fingerprint density at radius 2 is 1.75 bits per heavy atom. The number of rotatable bonds is 2. The second kappa shape index (κ2) is 3.19. The lowest BCUT2D eigenvalue weighted by atomic mass is 10.0. The Labute approximate surface area is 70.2 Å². The monoisotopic (exact) mass is 171 g/mol. The number of halogens is 2. The first-order valence-corrected chi connectivity index (χ1v) is 3.70. The smallest absolute Gasteiger partial charge is 0.264 e. The lowest BCUT2D eigenvalue weighted by molar-refractivity contribution is -0.00618. The highest BCUT2D eigenvalue weighted by atomic mass is 19.3. The Balaban J connectivity index is 2.86. The molecule has 1 atom stereocenters. The lowest BCUT2D eigenvalue weighted by Gasteiger charge is -2.19. The predicted molar refractivity (Wildman–Crippen MR) is 44.0 cm³/mol. The molecule has 12 heavy (non-hydrogen) atoms. The average Bonchev–Trinajstić information content (AvgIpc) is 2.03. The molecule has 0 fully saturated rings. The minimum absolute atomic E-state index is 0.463. The molecular weight excluding hydrogens is 160 g/mol. The van der Waals surface area contributed by atoms with Gasteiger partial charge in [-0.2, -0.15) is 0 Å². The van der Waals surface area contributed by atoms with Crippen molar-refractivity contribution in [3.05, 3.63) is 35.9 Å². The summed E-state index contributed by atoms with van der Waals surface area (Å²) in [6, 6.07) is 7.15. The van der Waals surface area contributed by atoms with Gasteiger partial charge in [-0.15, -0.1) is 0 Å². The largest absolute Gasteiger partial charge is 0.319 e. The van der Waals surface area contributed by atoms with E-state index in [2.05, 4.69) is 0 Å². The van der Waals surface area contributed by atoms with Gasteiger partial charge in [-0.05, 0) is 5.56 Å². The van der Waals surface area contributed by atoms with Crippen molar-refractivity contribution in [2.45, 2.75) is 18.9 Å². The summed E-state index contributed by atoms with van der Waals surface area (Å²) in [5.41, 5.74) is 5.79. The maximum Gasteiger partial charge on any atom is 0.264 e. The van der Waals surface area contributed by atoms with Gasteiger partial charge in [0.1, 0.15) is 0 Å². The maximum absolute atomic E-state index is 12.7. The van der Waals surface area contributed by atoms with Crippen LogP contribution in [0.4, 0.5) is 8.78 Å². The fourth-order valence-corrected chi connectivity index (χ4v) is 0.953. The molecule has 0 radical (unpaired) electrons. The summed E-state index contributed by atoms with van der Waals surface area (Å²) < 4.78 is 25.4. The molecule has 0 bridgehead atoms. The number of nitrogens with two attached hydrogens (primary N) is 1. The van der Waals surface area contributed by atoms with Crippen molar-refractivity contribution in [2.75, 3.05) is 0 Å². The van der Waals surface area contributed by atoms with Gasteiger partial charge >= 0.3 is 0 Å². The maximum atomic E-state index is 12.7. The predicted octanol–water partition coefficient (Wildman–Crippen LogP) is 2.34. The molecule has 0 aromatic heterocycles.